The highest BCUT2D eigenvalue weighted by molar-refractivity contribution is 6.05. The molecule has 2 aliphatic rings. The molecule has 0 saturated carbocycles. The van der Waals surface area contributed by atoms with Gasteiger partial charge in [0.25, 0.3) is 5.56 Å². The largest absolute Gasteiger partial charge is 0.338 e. The van der Waals surface area contributed by atoms with Crippen molar-refractivity contribution in [2.75, 3.05) is 22.1 Å². The number of carbonyl (C=O) groups excluding carboxylic acids is 3. The van der Waals surface area contributed by atoms with Gasteiger partial charge in [-0.05, 0) is 48.7 Å². The van der Waals surface area contributed by atoms with Crippen LogP contribution in [0.4, 0.5) is 17.5 Å². The molecule has 3 N–H and O–H groups in total. The first-order valence-electron chi connectivity index (χ1n) is 11.1. The summed E-state index contributed by atoms with van der Waals surface area (Å²) in [5.41, 5.74) is 3.23. The van der Waals surface area contributed by atoms with Crippen molar-refractivity contribution in [3.8, 4) is 0 Å². The van der Waals surface area contributed by atoms with Crippen molar-refractivity contribution in [3.05, 3.63) is 81.1 Å². The summed E-state index contributed by atoms with van der Waals surface area (Å²) in [6.45, 7) is 2.77. The van der Waals surface area contributed by atoms with Gasteiger partial charge in [-0.25, -0.2) is 0 Å². The molecule has 0 spiro atoms. The number of carbonyl (C=O) groups is 3. The van der Waals surface area contributed by atoms with Crippen LogP contribution in [0.15, 0.2) is 53.3 Å². The monoisotopic (exact) mass is 457 g/mol. The SMILES string of the molecule is CC(=O)c1ccc(NC(=O)CC2C(=O)Nc3nc(N4CCc5ccccc5C4)[nH]c(=O)c32)cc1. The van der Waals surface area contributed by atoms with Crippen LogP contribution in [-0.4, -0.2) is 34.1 Å². The number of Topliss-reactive ketones (excluding diaryl/α,β-unsaturated/α-hetero) is 1. The van der Waals surface area contributed by atoms with E-state index < -0.39 is 23.3 Å². The van der Waals surface area contributed by atoms with Gasteiger partial charge in [-0.2, -0.15) is 4.98 Å². The van der Waals surface area contributed by atoms with Crippen molar-refractivity contribution in [1.82, 2.24) is 9.97 Å². The third-order valence-electron chi connectivity index (χ3n) is 6.24. The Balaban J connectivity index is 1.32. The zero-order valence-electron chi connectivity index (χ0n) is 18.6. The number of amides is 2. The second-order valence-electron chi connectivity index (χ2n) is 8.52. The molecule has 1 aromatic heterocycles. The van der Waals surface area contributed by atoms with E-state index in [1.807, 2.05) is 17.0 Å². The summed E-state index contributed by atoms with van der Waals surface area (Å²) in [5, 5.41) is 5.37. The van der Waals surface area contributed by atoms with Crippen LogP contribution in [0, 0.1) is 0 Å². The van der Waals surface area contributed by atoms with Crippen LogP contribution < -0.4 is 21.1 Å². The second-order valence-corrected chi connectivity index (χ2v) is 8.52. The van der Waals surface area contributed by atoms with Gasteiger partial charge in [-0.1, -0.05) is 24.3 Å². The zero-order chi connectivity index (χ0) is 23.8. The van der Waals surface area contributed by atoms with Crippen LogP contribution in [0.1, 0.15) is 46.3 Å². The maximum atomic E-state index is 12.9. The number of aromatic amines is 1. The van der Waals surface area contributed by atoms with E-state index in [1.54, 1.807) is 24.3 Å². The van der Waals surface area contributed by atoms with E-state index in [1.165, 1.54) is 18.1 Å². The minimum atomic E-state index is -0.932. The number of hydrogen-bond donors (Lipinski definition) is 3. The number of benzene rings is 2. The van der Waals surface area contributed by atoms with E-state index in [0.29, 0.717) is 30.3 Å². The molecule has 2 aliphatic heterocycles. The van der Waals surface area contributed by atoms with Crippen LogP contribution in [-0.2, 0) is 22.6 Å². The maximum Gasteiger partial charge on any atom is 0.258 e. The van der Waals surface area contributed by atoms with E-state index in [-0.39, 0.29) is 23.6 Å². The van der Waals surface area contributed by atoms with Crippen molar-refractivity contribution in [2.24, 2.45) is 0 Å². The fourth-order valence-electron chi connectivity index (χ4n) is 4.43. The van der Waals surface area contributed by atoms with E-state index in [4.69, 9.17) is 0 Å². The molecular formula is C25H23N5O4. The number of aromatic nitrogens is 2. The van der Waals surface area contributed by atoms with E-state index in [9.17, 15) is 19.2 Å². The number of anilines is 3. The molecule has 34 heavy (non-hydrogen) atoms. The first-order valence-corrected chi connectivity index (χ1v) is 11.1. The molecule has 0 radical (unpaired) electrons. The fourth-order valence-corrected chi connectivity index (χ4v) is 4.43. The summed E-state index contributed by atoms with van der Waals surface area (Å²) in [4.78, 5) is 58.8. The van der Waals surface area contributed by atoms with E-state index >= 15 is 0 Å². The molecule has 5 rings (SSSR count). The molecule has 9 nitrogen and oxygen atoms in total. The third kappa shape index (κ3) is 4.07. The normalized spacial score (nSPS) is 16.4. The molecule has 3 aromatic rings. The molecule has 0 saturated heterocycles. The first-order chi connectivity index (χ1) is 16.4. The summed E-state index contributed by atoms with van der Waals surface area (Å²) in [6, 6.07) is 14.6. The lowest BCUT2D eigenvalue weighted by Crippen LogP contribution is -2.33. The summed E-state index contributed by atoms with van der Waals surface area (Å²) in [6.07, 6.45) is 0.633. The zero-order valence-corrected chi connectivity index (χ0v) is 18.6. The van der Waals surface area contributed by atoms with Crippen LogP contribution in [0.5, 0.6) is 0 Å². The molecule has 172 valence electrons. The summed E-state index contributed by atoms with van der Waals surface area (Å²) >= 11 is 0. The van der Waals surface area contributed by atoms with E-state index in [2.05, 4.69) is 32.7 Å². The highest BCUT2D eigenvalue weighted by Gasteiger charge is 2.37. The average Bonchev–Trinajstić information content (AvgIpc) is 3.14. The third-order valence-corrected chi connectivity index (χ3v) is 6.24. The number of rotatable bonds is 5. The first kappa shape index (κ1) is 21.6. The van der Waals surface area contributed by atoms with Gasteiger partial charge in [-0.15, -0.1) is 0 Å². The smallest absolute Gasteiger partial charge is 0.258 e. The number of nitrogens with one attached hydrogen (secondary N) is 3. The lowest BCUT2D eigenvalue weighted by atomic mass is 9.99. The highest BCUT2D eigenvalue weighted by atomic mass is 16.2. The van der Waals surface area contributed by atoms with Crippen LogP contribution in [0.25, 0.3) is 0 Å². The van der Waals surface area contributed by atoms with Crippen LogP contribution >= 0.6 is 0 Å². The van der Waals surface area contributed by atoms with Gasteiger partial charge in [0.15, 0.2) is 5.78 Å². The van der Waals surface area contributed by atoms with Gasteiger partial charge in [-0.3, -0.25) is 24.2 Å². The van der Waals surface area contributed by atoms with Gasteiger partial charge in [0.2, 0.25) is 17.8 Å². The molecule has 9 heteroatoms. The Morgan fingerprint density at radius 2 is 1.82 bits per heavy atom. The van der Waals surface area contributed by atoms with Gasteiger partial charge >= 0.3 is 0 Å². The van der Waals surface area contributed by atoms with Crippen LogP contribution in [0.3, 0.4) is 0 Å². The molecule has 2 aromatic carbocycles. The quantitative estimate of drug-likeness (QED) is 0.506. The number of ketones is 1. The standard InChI is InChI=1S/C25H23N5O4/c1-14(31)15-6-8-18(9-7-15)26-20(32)12-19-21-22(27-23(19)33)28-25(29-24(21)34)30-11-10-16-4-2-3-5-17(16)13-30/h2-9,19H,10-13H2,1H3,(H,26,32)(H2,27,28,29,33,34). The fraction of sp³-hybridized carbons (Fsp3) is 0.240. The Morgan fingerprint density at radius 3 is 2.56 bits per heavy atom. The Morgan fingerprint density at radius 1 is 1.09 bits per heavy atom. The second kappa shape index (κ2) is 8.58. The molecule has 1 unspecified atom stereocenters. The molecule has 2 amide bonds. The molecule has 3 heterocycles. The molecule has 0 aliphatic carbocycles. The minimum absolute atomic E-state index is 0.0723. The lowest BCUT2D eigenvalue weighted by Gasteiger charge is -2.29. The Bertz CT molecular complexity index is 1360. The minimum Gasteiger partial charge on any atom is -0.338 e. The number of fused-ring (bicyclic) bond motifs is 2. The van der Waals surface area contributed by atoms with Crippen LogP contribution in [0.2, 0.25) is 0 Å². The topological polar surface area (TPSA) is 124 Å². The summed E-state index contributed by atoms with van der Waals surface area (Å²) in [7, 11) is 0. The predicted molar refractivity (Wildman–Crippen MR) is 127 cm³/mol. The predicted octanol–water partition coefficient (Wildman–Crippen LogP) is 2.60. The van der Waals surface area contributed by atoms with Crippen molar-refractivity contribution < 1.29 is 14.4 Å². The Kier molecular flexibility index (Phi) is 5.45. The Hall–Kier alpha value is -4.27. The van der Waals surface area contributed by atoms with Crippen molar-refractivity contribution in [3.63, 3.8) is 0 Å². The van der Waals surface area contributed by atoms with Crippen molar-refractivity contribution in [2.45, 2.75) is 32.2 Å². The van der Waals surface area contributed by atoms with Crippen molar-refractivity contribution >= 4 is 35.1 Å². The number of hydrogen-bond acceptors (Lipinski definition) is 6. The van der Waals surface area contributed by atoms with Crippen molar-refractivity contribution in [1.29, 1.82) is 0 Å². The average molecular weight is 457 g/mol. The van der Waals surface area contributed by atoms with Gasteiger partial charge < -0.3 is 15.5 Å². The number of nitrogens with zero attached hydrogens (tertiary/aromatic N) is 2. The molecule has 1 atom stereocenters. The van der Waals surface area contributed by atoms with Gasteiger partial charge in [0.05, 0.1) is 11.5 Å². The molecule has 0 bridgehead atoms. The number of H-pyrrole nitrogens is 1. The lowest BCUT2D eigenvalue weighted by molar-refractivity contribution is -0.122. The maximum absolute atomic E-state index is 12.9. The van der Waals surface area contributed by atoms with Gasteiger partial charge in [0.1, 0.15) is 5.82 Å². The van der Waals surface area contributed by atoms with Gasteiger partial charge in [0, 0.05) is 30.8 Å². The summed E-state index contributed by atoms with van der Waals surface area (Å²) in [5.74, 6) is -1.26. The highest BCUT2D eigenvalue weighted by Crippen LogP contribution is 2.32. The Labute approximate surface area is 195 Å². The molecular weight excluding hydrogens is 434 g/mol. The molecule has 0 fully saturated rings. The van der Waals surface area contributed by atoms with E-state index in [0.717, 1.165) is 6.42 Å². The summed E-state index contributed by atoms with van der Waals surface area (Å²) < 4.78 is 0.